The second kappa shape index (κ2) is 4.43. The standard InChI is InChI=1S/C13H16N2O5/c1-7-8(2)12-9(5-13(3,4)20-12)10(6-14(16)17)11(7)15(18)19/h5-6H2,1-4H3. The van der Waals surface area contributed by atoms with Gasteiger partial charge >= 0.3 is 0 Å². The lowest BCUT2D eigenvalue weighted by Crippen LogP contribution is -2.25. The molecule has 108 valence electrons. The quantitative estimate of drug-likeness (QED) is 0.626. The van der Waals surface area contributed by atoms with Gasteiger partial charge < -0.3 is 4.74 Å². The summed E-state index contributed by atoms with van der Waals surface area (Å²) in [5.74, 6) is 0.565. The number of nitro benzene ring substituents is 1. The van der Waals surface area contributed by atoms with E-state index in [2.05, 4.69) is 0 Å². The first-order chi connectivity index (χ1) is 9.14. The van der Waals surface area contributed by atoms with Crippen LogP contribution in [-0.4, -0.2) is 15.4 Å². The fourth-order valence-corrected chi connectivity index (χ4v) is 2.69. The van der Waals surface area contributed by atoms with E-state index in [0.717, 1.165) is 0 Å². The molecular formula is C13H16N2O5. The third kappa shape index (κ3) is 2.19. The molecule has 20 heavy (non-hydrogen) atoms. The maximum atomic E-state index is 11.3. The first-order valence-corrected chi connectivity index (χ1v) is 6.24. The van der Waals surface area contributed by atoms with Crippen LogP contribution in [0, 0.1) is 34.1 Å². The Morgan fingerprint density at radius 1 is 1.20 bits per heavy atom. The topological polar surface area (TPSA) is 95.5 Å². The lowest BCUT2D eigenvalue weighted by Gasteiger charge is -2.17. The summed E-state index contributed by atoms with van der Waals surface area (Å²) in [4.78, 5) is 21.0. The summed E-state index contributed by atoms with van der Waals surface area (Å²) in [6.07, 6.45) is 0.438. The monoisotopic (exact) mass is 280 g/mol. The van der Waals surface area contributed by atoms with Gasteiger partial charge in [0, 0.05) is 28.0 Å². The number of fused-ring (bicyclic) bond motifs is 1. The van der Waals surface area contributed by atoms with Gasteiger partial charge in [0.15, 0.2) is 0 Å². The fraction of sp³-hybridized carbons (Fsp3) is 0.538. The highest BCUT2D eigenvalue weighted by atomic mass is 16.6. The molecule has 0 spiro atoms. The number of benzene rings is 1. The Bertz CT molecular complexity index is 622. The molecule has 0 aromatic heterocycles. The maximum Gasteiger partial charge on any atom is 0.282 e. The molecule has 1 aromatic rings. The van der Waals surface area contributed by atoms with Crippen molar-refractivity contribution in [1.29, 1.82) is 0 Å². The Hall–Kier alpha value is -2.18. The summed E-state index contributed by atoms with van der Waals surface area (Å²) in [6, 6.07) is 0. The van der Waals surface area contributed by atoms with Crippen LogP contribution in [0.1, 0.15) is 36.1 Å². The highest BCUT2D eigenvalue weighted by Gasteiger charge is 2.39. The molecule has 0 unspecified atom stereocenters. The Kier molecular flexibility index (Phi) is 3.15. The van der Waals surface area contributed by atoms with Crippen molar-refractivity contribution < 1.29 is 14.6 Å². The van der Waals surface area contributed by atoms with Crippen molar-refractivity contribution in [1.82, 2.24) is 0 Å². The molecule has 7 heteroatoms. The zero-order valence-electron chi connectivity index (χ0n) is 11.8. The Morgan fingerprint density at radius 3 is 2.30 bits per heavy atom. The third-order valence-corrected chi connectivity index (χ3v) is 3.63. The van der Waals surface area contributed by atoms with E-state index in [1.165, 1.54) is 0 Å². The normalized spacial score (nSPS) is 15.6. The second-order valence-corrected chi connectivity index (χ2v) is 5.67. The lowest BCUT2D eigenvalue weighted by molar-refractivity contribution is -0.498. The lowest BCUT2D eigenvalue weighted by atomic mass is 9.92. The van der Waals surface area contributed by atoms with Gasteiger partial charge in [-0.15, -0.1) is 0 Å². The first-order valence-electron chi connectivity index (χ1n) is 6.24. The van der Waals surface area contributed by atoms with E-state index in [1.54, 1.807) is 13.8 Å². The summed E-state index contributed by atoms with van der Waals surface area (Å²) in [5.41, 5.74) is 1.23. The molecule has 0 amide bonds. The summed E-state index contributed by atoms with van der Waals surface area (Å²) < 4.78 is 5.82. The zero-order chi connectivity index (χ0) is 15.2. The van der Waals surface area contributed by atoms with Gasteiger partial charge in [0.1, 0.15) is 16.9 Å². The smallest absolute Gasteiger partial charge is 0.282 e. The Labute approximate surface area is 115 Å². The zero-order valence-corrected chi connectivity index (χ0v) is 11.8. The molecule has 0 radical (unpaired) electrons. The van der Waals surface area contributed by atoms with Crippen molar-refractivity contribution in [3.05, 3.63) is 42.5 Å². The van der Waals surface area contributed by atoms with Crippen molar-refractivity contribution in [3.63, 3.8) is 0 Å². The number of nitrogens with zero attached hydrogens (tertiary/aromatic N) is 2. The van der Waals surface area contributed by atoms with E-state index >= 15 is 0 Å². The van der Waals surface area contributed by atoms with Crippen LogP contribution in [0.25, 0.3) is 0 Å². The van der Waals surface area contributed by atoms with Crippen LogP contribution >= 0.6 is 0 Å². The highest BCUT2D eigenvalue weighted by molar-refractivity contribution is 5.63. The molecule has 0 saturated heterocycles. The van der Waals surface area contributed by atoms with Gasteiger partial charge in [-0.05, 0) is 27.7 Å². The van der Waals surface area contributed by atoms with E-state index in [1.807, 2.05) is 13.8 Å². The molecule has 0 bridgehead atoms. The minimum absolute atomic E-state index is 0.153. The minimum Gasteiger partial charge on any atom is -0.487 e. The predicted molar refractivity (Wildman–Crippen MR) is 71.7 cm³/mol. The molecule has 0 atom stereocenters. The summed E-state index contributed by atoms with van der Waals surface area (Å²) in [6.45, 7) is 6.52. The van der Waals surface area contributed by atoms with Crippen LogP contribution in [0.4, 0.5) is 5.69 Å². The number of ether oxygens (including phenoxy) is 1. The van der Waals surface area contributed by atoms with Gasteiger partial charge in [0.05, 0.1) is 4.92 Å². The van der Waals surface area contributed by atoms with Crippen molar-refractivity contribution in [2.24, 2.45) is 0 Å². The van der Waals surface area contributed by atoms with Gasteiger partial charge in [-0.25, -0.2) is 0 Å². The van der Waals surface area contributed by atoms with E-state index < -0.39 is 22.0 Å². The summed E-state index contributed by atoms with van der Waals surface area (Å²) in [5, 5.41) is 22.1. The molecule has 0 fully saturated rings. The fourth-order valence-electron chi connectivity index (χ4n) is 2.69. The molecule has 7 nitrogen and oxygen atoms in total. The predicted octanol–water partition coefficient (Wildman–Crippen LogP) is 2.70. The Morgan fingerprint density at radius 2 is 1.80 bits per heavy atom. The highest BCUT2D eigenvalue weighted by Crippen LogP contribution is 2.45. The van der Waals surface area contributed by atoms with E-state index in [4.69, 9.17) is 4.74 Å². The van der Waals surface area contributed by atoms with E-state index in [9.17, 15) is 20.2 Å². The molecule has 2 rings (SSSR count). The van der Waals surface area contributed by atoms with Gasteiger partial charge in [0.25, 0.3) is 5.69 Å². The van der Waals surface area contributed by atoms with Gasteiger partial charge in [-0.1, -0.05) is 0 Å². The molecule has 0 saturated carbocycles. The van der Waals surface area contributed by atoms with Gasteiger partial charge in [-0.2, -0.15) is 0 Å². The van der Waals surface area contributed by atoms with Crippen molar-refractivity contribution in [2.75, 3.05) is 0 Å². The first kappa shape index (κ1) is 14.2. The van der Waals surface area contributed by atoms with Crippen LogP contribution < -0.4 is 4.74 Å². The largest absolute Gasteiger partial charge is 0.487 e. The molecule has 1 aromatic carbocycles. The second-order valence-electron chi connectivity index (χ2n) is 5.67. The van der Waals surface area contributed by atoms with Crippen LogP contribution in [0.5, 0.6) is 5.75 Å². The number of nitro groups is 2. The van der Waals surface area contributed by atoms with E-state index in [0.29, 0.717) is 28.9 Å². The number of rotatable bonds is 3. The van der Waals surface area contributed by atoms with E-state index in [-0.39, 0.29) is 11.3 Å². The number of hydrogen-bond donors (Lipinski definition) is 0. The molecular weight excluding hydrogens is 264 g/mol. The van der Waals surface area contributed by atoms with Crippen molar-refractivity contribution >= 4 is 5.69 Å². The molecule has 1 aliphatic rings. The summed E-state index contributed by atoms with van der Waals surface area (Å²) >= 11 is 0. The molecule has 1 heterocycles. The molecule has 1 aliphatic heterocycles. The van der Waals surface area contributed by atoms with Crippen molar-refractivity contribution in [2.45, 2.75) is 46.3 Å². The number of hydrogen-bond acceptors (Lipinski definition) is 5. The van der Waals surface area contributed by atoms with Crippen LogP contribution in [0.2, 0.25) is 0 Å². The SMILES string of the molecule is Cc1c(C)c([N+](=O)[O-])c(C[N+](=O)[O-])c2c1OC(C)(C)C2. The van der Waals surface area contributed by atoms with Crippen LogP contribution in [0.3, 0.4) is 0 Å². The summed E-state index contributed by atoms with van der Waals surface area (Å²) in [7, 11) is 0. The van der Waals surface area contributed by atoms with Crippen LogP contribution in [-0.2, 0) is 13.0 Å². The van der Waals surface area contributed by atoms with Gasteiger partial charge in [-0.3, -0.25) is 20.2 Å². The average Bonchev–Trinajstić information content (AvgIpc) is 2.61. The van der Waals surface area contributed by atoms with Crippen LogP contribution in [0.15, 0.2) is 0 Å². The minimum atomic E-state index is -0.556. The average molecular weight is 280 g/mol. The maximum absolute atomic E-state index is 11.3. The Balaban J connectivity index is 2.77. The third-order valence-electron chi connectivity index (χ3n) is 3.63. The molecule has 0 N–H and O–H groups in total. The van der Waals surface area contributed by atoms with Gasteiger partial charge in [0.2, 0.25) is 6.54 Å². The molecule has 0 aliphatic carbocycles. The van der Waals surface area contributed by atoms with Crippen molar-refractivity contribution in [3.8, 4) is 5.75 Å².